The second kappa shape index (κ2) is 6.22. The highest BCUT2D eigenvalue weighted by Gasteiger charge is 2.14. The molecule has 0 spiro atoms. The van der Waals surface area contributed by atoms with Gasteiger partial charge in [-0.1, -0.05) is 35.6 Å². The van der Waals surface area contributed by atoms with Crippen LogP contribution in [0.4, 0.5) is 0 Å². The Kier molecular flexibility index (Phi) is 3.89. The number of aromatic nitrogens is 1. The van der Waals surface area contributed by atoms with Gasteiger partial charge in [-0.25, -0.2) is 0 Å². The van der Waals surface area contributed by atoms with Gasteiger partial charge in [0.15, 0.2) is 10.6 Å². The molecule has 25 heavy (non-hydrogen) atoms. The molecule has 2 aromatic carbocycles. The van der Waals surface area contributed by atoms with E-state index in [0.29, 0.717) is 16.9 Å². The molecule has 0 N–H and O–H groups in total. The van der Waals surface area contributed by atoms with E-state index in [-0.39, 0.29) is 11.7 Å². The molecule has 4 aromatic rings. The predicted octanol–water partition coefficient (Wildman–Crippen LogP) is 4.22. The number of carbonyl (C=O) groups excluding carboxylic acids is 1. The largest absolute Gasteiger partial charge is 0.495 e. The van der Waals surface area contributed by atoms with Crippen LogP contribution in [0.2, 0.25) is 0 Å². The fourth-order valence-corrected chi connectivity index (χ4v) is 3.98. The van der Waals surface area contributed by atoms with E-state index in [9.17, 15) is 4.79 Å². The summed E-state index contributed by atoms with van der Waals surface area (Å²) < 4.78 is 14.1. The maximum absolute atomic E-state index is 12.6. The standard InChI is InChI=1S/C19H16N2O3S/c1-3-21-17-14(23-2)9-6-10-16(17)25-19(21)20-18(22)15-11-12-7-4-5-8-13(12)24-15/h4-11H,3H2,1-2H3. The Morgan fingerprint density at radius 2 is 2.08 bits per heavy atom. The molecule has 0 aliphatic carbocycles. The molecule has 4 rings (SSSR count). The van der Waals surface area contributed by atoms with Crippen LogP contribution in [0, 0.1) is 0 Å². The van der Waals surface area contributed by atoms with Crippen LogP contribution in [0.1, 0.15) is 17.5 Å². The number of hydrogen-bond acceptors (Lipinski definition) is 4. The van der Waals surface area contributed by atoms with Crippen LogP contribution in [0.5, 0.6) is 5.75 Å². The lowest BCUT2D eigenvalue weighted by atomic mass is 10.2. The summed E-state index contributed by atoms with van der Waals surface area (Å²) in [6.07, 6.45) is 0. The van der Waals surface area contributed by atoms with E-state index in [1.807, 2.05) is 54.0 Å². The van der Waals surface area contributed by atoms with E-state index in [2.05, 4.69) is 4.99 Å². The van der Waals surface area contributed by atoms with Gasteiger partial charge in [-0.05, 0) is 31.2 Å². The number of thiazole rings is 1. The third kappa shape index (κ3) is 2.64. The Labute approximate surface area is 147 Å². The van der Waals surface area contributed by atoms with E-state index >= 15 is 0 Å². The molecule has 0 saturated heterocycles. The number of carbonyl (C=O) groups is 1. The van der Waals surface area contributed by atoms with E-state index in [0.717, 1.165) is 21.4 Å². The van der Waals surface area contributed by atoms with Crippen LogP contribution in [-0.2, 0) is 6.54 Å². The minimum atomic E-state index is -0.385. The van der Waals surface area contributed by atoms with Crippen LogP contribution in [0.15, 0.2) is 57.9 Å². The van der Waals surface area contributed by atoms with Gasteiger partial charge >= 0.3 is 5.91 Å². The third-order valence-corrected chi connectivity index (χ3v) is 5.08. The maximum Gasteiger partial charge on any atom is 0.315 e. The van der Waals surface area contributed by atoms with Crippen molar-refractivity contribution in [3.8, 4) is 5.75 Å². The highest BCUT2D eigenvalue weighted by Crippen LogP contribution is 2.27. The van der Waals surface area contributed by atoms with Crippen molar-refractivity contribution in [2.45, 2.75) is 13.5 Å². The topological polar surface area (TPSA) is 56.7 Å². The number of fused-ring (bicyclic) bond motifs is 2. The van der Waals surface area contributed by atoms with Gasteiger partial charge in [0.1, 0.15) is 16.8 Å². The first-order valence-electron chi connectivity index (χ1n) is 7.95. The number of rotatable bonds is 3. The van der Waals surface area contributed by atoms with E-state index in [1.165, 1.54) is 11.3 Å². The quantitative estimate of drug-likeness (QED) is 0.555. The van der Waals surface area contributed by atoms with Gasteiger partial charge in [-0.2, -0.15) is 4.99 Å². The summed E-state index contributed by atoms with van der Waals surface area (Å²) in [4.78, 5) is 17.5. The number of furan rings is 1. The van der Waals surface area contributed by atoms with Crippen LogP contribution >= 0.6 is 11.3 Å². The van der Waals surface area contributed by atoms with E-state index < -0.39 is 0 Å². The van der Waals surface area contributed by atoms with Gasteiger partial charge in [-0.3, -0.25) is 4.79 Å². The zero-order valence-electron chi connectivity index (χ0n) is 13.9. The molecule has 126 valence electrons. The average Bonchev–Trinajstić information content (AvgIpc) is 3.22. The van der Waals surface area contributed by atoms with Crippen LogP contribution in [-0.4, -0.2) is 17.6 Å². The van der Waals surface area contributed by atoms with Crippen molar-refractivity contribution in [3.05, 3.63) is 59.1 Å². The molecule has 5 nitrogen and oxygen atoms in total. The maximum atomic E-state index is 12.6. The van der Waals surface area contributed by atoms with E-state index in [4.69, 9.17) is 9.15 Å². The van der Waals surface area contributed by atoms with Crippen molar-refractivity contribution in [2.75, 3.05) is 7.11 Å². The Morgan fingerprint density at radius 1 is 1.24 bits per heavy atom. The Bertz CT molecular complexity index is 1120. The van der Waals surface area contributed by atoms with Crippen LogP contribution in [0.25, 0.3) is 21.2 Å². The van der Waals surface area contributed by atoms with Gasteiger partial charge in [0.05, 0.1) is 11.8 Å². The molecule has 0 atom stereocenters. The van der Waals surface area contributed by atoms with Crippen molar-refractivity contribution in [1.29, 1.82) is 0 Å². The first kappa shape index (κ1) is 15.7. The molecule has 0 saturated carbocycles. The van der Waals surface area contributed by atoms with E-state index in [1.54, 1.807) is 13.2 Å². The molecule has 0 fully saturated rings. The molecule has 6 heteroatoms. The molecule has 1 amide bonds. The van der Waals surface area contributed by atoms with Gasteiger partial charge in [0, 0.05) is 11.9 Å². The summed E-state index contributed by atoms with van der Waals surface area (Å²) in [5, 5.41) is 0.891. The first-order chi connectivity index (χ1) is 12.2. The fourth-order valence-electron chi connectivity index (χ4n) is 2.87. The number of para-hydroxylation sites is 2. The summed E-state index contributed by atoms with van der Waals surface area (Å²) in [6.45, 7) is 2.70. The zero-order chi connectivity index (χ0) is 17.4. The SMILES string of the molecule is CCn1c(=NC(=O)c2cc3ccccc3o2)sc2cccc(OC)c21. The lowest BCUT2D eigenvalue weighted by Gasteiger charge is -2.05. The summed E-state index contributed by atoms with van der Waals surface area (Å²) in [5.41, 5.74) is 1.64. The molecule has 2 aromatic heterocycles. The number of aryl methyl sites for hydroxylation is 1. The predicted molar refractivity (Wildman–Crippen MR) is 98.1 cm³/mol. The molecule has 0 aliphatic rings. The van der Waals surface area contributed by atoms with Gasteiger partial charge in [-0.15, -0.1) is 0 Å². The zero-order valence-corrected chi connectivity index (χ0v) is 14.7. The number of hydrogen-bond donors (Lipinski definition) is 0. The average molecular weight is 352 g/mol. The lowest BCUT2D eigenvalue weighted by molar-refractivity contribution is 0.0973. The number of amides is 1. The highest BCUT2D eigenvalue weighted by atomic mass is 32.1. The number of benzene rings is 2. The summed E-state index contributed by atoms with van der Waals surface area (Å²) in [5.74, 6) is 0.630. The van der Waals surface area contributed by atoms with Crippen molar-refractivity contribution < 1.29 is 13.9 Å². The summed E-state index contributed by atoms with van der Waals surface area (Å²) in [6, 6.07) is 15.1. The molecule has 0 unspecified atom stereocenters. The molecule has 0 radical (unpaired) electrons. The smallest absolute Gasteiger partial charge is 0.315 e. The molecular formula is C19H16N2O3S. The minimum Gasteiger partial charge on any atom is -0.495 e. The van der Waals surface area contributed by atoms with Crippen LogP contribution in [0.3, 0.4) is 0 Å². The Balaban J connectivity index is 1.86. The summed E-state index contributed by atoms with van der Waals surface area (Å²) >= 11 is 1.46. The number of nitrogens with zero attached hydrogens (tertiary/aromatic N) is 2. The van der Waals surface area contributed by atoms with Crippen molar-refractivity contribution in [2.24, 2.45) is 4.99 Å². The van der Waals surface area contributed by atoms with Gasteiger partial charge < -0.3 is 13.7 Å². The fraction of sp³-hybridized carbons (Fsp3) is 0.158. The van der Waals surface area contributed by atoms with Crippen LogP contribution < -0.4 is 9.54 Å². The summed E-state index contributed by atoms with van der Waals surface area (Å²) in [7, 11) is 1.64. The normalized spacial score (nSPS) is 12.2. The van der Waals surface area contributed by atoms with Gasteiger partial charge in [0.2, 0.25) is 0 Å². The third-order valence-electron chi connectivity index (χ3n) is 4.03. The minimum absolute atomic E-state index is 0.244. The Hall–Kier alpha value is -2.86. The van der Waals surface area contributed by atoms with Crippen molar-refractivity contribution in [3.63, 3.8) is 0 Å². The second-order valence-electron chi connectivity index (χ2n) is 5.50. The molecule has 0 aliphatic heterocycles. The second-order valence-corrected chi connectivity index (χ2v) is 6.51. The van der Waals surface area contributed by atoms with Crippen molar-refractivity contribution >= 4 is 38.4 Å². The van der Waals surface area contributed by atoms with Crippen molar-refractivity contribution in [1.82, 2.24) is 4.57 Å². The monoisotopic (exact) mass is 352 g/mol. The molecular weight excluding hydrogens is 336 g/mol. The molecule has 2 heterocycles. The Morgan fingerprint density at radius 3 is 2.84 bits per heavy atom. The first-order valence-corrected chi connectivity index (χ1v) is 8.77. The highest BCUT2D eigenvalue weighted by molar-refractivity contribution is 7.16. The molecule has 0 bridgehead atoms. The number of methoxy groups -OCH3 is 1. The lowest BCUT2D eigenvalue weighted by Crippen LogP contribution is -2.16. The number of ether oxygens (including phenoxy) is 1. The van der Waals surface area contributed by atoms with Gasteiger partial charge in [0.25, 0.3) is 0 Å².